The van der Waals surface area contributed by atoms with Gasteiger partial charge in [0.25, 0.3) is 5.91 Å². The summed E-state index contributed by atoms with van der Waals surface area (Å²) in [6.45, 7) is 0.488. The molecule has 5 heteroatoms. The Kier molecular flexibility index (Phi) is 5.44. The maximum Gasteiger partial charge on any atom is 0.254 e. The van der Waals surface area contributed by atoms with Crippen molar-refractivity contribution in [2.75, 3.05) is 10.7 Å². The topological polar surface area (TPSA) is 49.4 Å². The van der Waals surface area contributed by atoms with Gasteiger partial charge in [0.2, 0.25) is 5.91 Å². The number of para-hydroxylation sites is 1. The normalized spacial score (nSPS) is 15.4. The van der Waals surface area contributed by atoms with E-state index in [1.165, 1.54) is 11.8 Å². The fraction of sp³-hybridized carbons (Fsp3) is 0.130. The summed E-state index contributed by atoms with van der Waals surface area (Å²) in [5.41, 5.74) is 2.76. The van der Waals surface area contributed by atoms with Crippen LogP contribution in [0.3, 0.4) is 0 Å². The molecule has 1 heterocycles. The third-order valence-corrected chi connectivity index (χ3v) is 5.67. The Balaban J connectivity index is 1.48. The molecular formula is C23H20N2O2S. The first-order valence-corrected chi connectivity index (χ1v) is 10.1. The predicted octanol–water partition coefficient (Wildman–Crippen LogP) is 4.18. The minimum Gasteiger partial charge on any atom is -0.340 e. The maximum atomic E-state index is 13.1. The summed E-state index contributed by atoms with van der Waals surface area (Å²) in [6.07, 6.45) is 0. The lowest BCUT2D eigenvalue weighted by Gasteiger charge is -2.18. The van der Waals surface area contributed by atoms with Crippen LogP contribution >= 0.6 is 11.8 Å². The molecular weight excluding hydrogens is 368 g/mol. The van der Waals surface area contributed by atoms with Crippen molar-refractivity contribution in [3.8, 4) is 0 Å². The SMILES string of the molecule is O=C(CSc1ccccc1)NC1C(=O)N(Cc2ccccc2)c2ccccc21. The highest BCUT2D eigenvalue weighted by molar-refractivity contribution is 8.00. The summed E-state index contributed by atoms with van der Waals surface area (Å²) in [7, 11) is 0. The highest BCUT2D eigenvalue weighted by atomic mass is 32.2. The van der Waals surface area contributed by atoms with Gasteiger partial charge in [-0.3, -0.25) is 9.59 Å². The number of amides is 2. The van der Waals surface area contributed by atoms with Crippen LogP contribution < -0.4 is 10.2 Å². The summed E-state index contributed by atoms with van der Waals surface area (Å²) < 4.78 is 0. The van der Waals surface area contributed by atoms with Crippen LogP contribution in [0.15, 0.2) is 89.8 Å². The Labute approximate surface area is 168 Å². The van der Waals surface area contributed by atoms with Crippen LogP contribution in [0.1, 0.15) is 17.2 Å². The molecule has 1 atom stereocenters. The van der Waals surface area contributed by atoms with Gasteiger partial charge in [0.15, 0.2) is 0 Å². The van der Waals surface area contributed by atoms with Crippen LogP contribution in [-0.2, 0) is 16.1 Å². The van der Waals surface area contributed by atoms with E-state index in [1.807, 2.05) is 84.9 Å². The van der Waals surface area contributed by atoms with E-state index in [1.54, 1.807) is 4.90 Å². The molecule has 3 aromatic carbocycles. The van der Waals surface area contributed by atoms with Crippen molar-refractivity contribution < 1.29 is 9.59 Å². The summed E-state index contributed by atoms with van der Waals surface area (Å²) in [5, 5.41) is 2.92. The molecule has 0 aliphatic carbocycles. The first kappa shape index (κ1) is 18.3. The van der Waals surface area contributed by atoms with Crippen LogP contribution in [0.4, 0.5) is 5.69 Å². The lowest BCUT2D eigenvalue weighted by molar-refractivity contribution is -0.125. The molecule has 0 radical (unpaired) electrons. The number of benzene rings is 3. The molecule has 4 rings (SSSR count). The average molecular weight is 388 g/mol. The molecule has 1 unspecified atom stereocenters. The molecule has 1 aliphatic heterocycles. The Bertz CT molecular complexity index is 976. The van der Waals surface area contributed by atoms with Gasteiger partial charge in [-0.1, -0.05) is 66.7 Å². The van der Waals surface area contributed by atoms with E-state index < -0.39 is 6.04 Å². The third-order valence-electron chi connectivity index (χ3n) is 4.65. The standard InChI is InChI=1S/C23H20N2O2S/c26-21(16-28-18-11-5-2-6-12-18)24-22-19-13-7-8-14-20(19)25(23(22)27)15-17-9-3-1-4-10-17/h1-14,22H,15-16H2,(H,24,26). The second-order valence-corrected chi connectivity index (χ2v) is 7.62. The van der Waals surface area contributed by atoms with E-state index in [9.17, 15) is 9.59 Å². The number of hydrogen-bond acceptors (Lipinski definition) is 3. The molecule has 1 N–H and O–H groups in total. The molecule has 28 heavy (non-hydrogen) atoms. The number of rotatable bonds is 6. The van der Waals surface area contributed by atoms with Gasteiger partial charge in [0.1, 0.15) is 6.04 Å². The number of anilines is 1. The third kappa shape index (κ3) is 3.94. The minimum atomic E-state index is -0.635. The minimum absolute atomic E-state index is 0.0943. The summed E-state index contributed by atoms with van der Waals surface area (Å²) >= 11 is 1.46. The lowest BCUT2D eigenvalue weighted by atomic mass is 10.1. The Morgan fingerprint density at radius 3 is 2.29 bits per heavy atom. The number of carbonyl (C=O) groups excluding carboxylic acids is 2. The van der Waals surface area contributed by atoms with Gasteiger partial charge in [0.05, 0.1) is 12.3 Å². The number of fused-ring (bicyclic) bond motifs is 1. The second kappa shape index (κ2) is 8.31. The molecule has 3 aromatic rings. The fourth-order valence-electron chi connectivity index (χ4n) is 3.32. The van der Waals surface area contributed by atoms with Crippen LogP contribution in [-0.4, -0.2) is 17.6 Å². The van der Waals surface area contributed by atoms with E-state index in [0.29, 0.717) is 6.54 Å². The molecule has 0 saturated heterocycles. The fourth-order valence-corrected chi connectivity index (χ4v) is 4.05. The molecule has 2 amide bonds. The zero-order valence-electron chi connectivity index (χ0n) is 15.2. The van der Waals surface area contributed by atoms with Gasteiger partial charge >= 0.3 is 0 Å². The monoisotopic (exact) mass is 388 g/mol. The van der Waals surface area contributed by atoms with Crippen LogP contribution in [0.5, 0.6) is 0 Å². The zero-order chi connectivity index (χ0) is 19.3. The van der Waals surface area contributed by atoms with Gasteiger partial charge in [-0.25, -0.2) is 0 Å². The Hall–Kier alpha value is -3.05. The number of hydrogen-bond donors (Lipinski definition) is 1. The van der Waals surface area contributed by atoms with E-state index in [4.69, 9.17) is 0 Å². The molecule has 140 valence electrons. The molecule has 0 bridgehead atoms. The molecule has 0 spiro atoms. The molecule has 0 aromatic heterocycles. The van der Waals surface area contributed by atoms with Gasteiger partial charge in [-0.2, -0.15) is 0 Å². The van der Waals surface area contributed by atoms with Gasteiger partial charge in [-0.15, -0.1) is 11.8 Å². The van der Waals surface area contributed by atoms with Gasteiger partial charge in [0, 0.05) is 16.1 Å². The van der Waals surface area contributed by atoms with Crippen molar-refractivity contribution in [3.05, 3.63) is 96.1 Å². The molecule has 0 fully saturated rings. The summed E-state index contributed by atoms with van der Waals surface area (Å²) in [5.74, 6) is 0.0287. The van der Waals surface area contributed by atoms with Crippen molar-refractivity contribution in [1.29, 1.82) is 0 Å². The molecule has 1 aliphatic rings. The van der Waals surface area contributed by atoms with Crippen molar-refractivity contribution >= 4 is 29.3 Å². The van der Waals surface area contributed by atoms with E-state index >= 15 is 0 Å². The van der Waals surface area contributed by atoms with Gasteiger partial charge < -0.3 is 10.2 Å². The van der Waals surface area contributed by atoms with E-state index in [2.05, 4.69) is 5.32 Å². The van der Waals surface area contributed by atoms with Crippen LogP contribution in [0, 0.1) is 0 Å². The first-order chi connectivity index (χ1) is 13.7. The highest BCUT2D eigenvalue weighted by Gasteiger charge is 2.37. The van der Waals surface area contributed by atoms with E-state index in [-0.39, 0.29) is 17.6 Å². The quantitative estimate of drug-likeness (QED) is 0.645. The second-order valence-electron chi connectivity index (χ2n) is 6.57. The van der Waals surface area contributed by atoms with Crippen molar-refractivity contribution in [1.82, 2.24) is 5.32 Å². The predicted molar refractivity (Wildman–Crippen MR) is 112 cm³/mol. The Morgan fingerprint density at radius 1 is 0.893 bits per heavy atom. The summed E-state index contributed by atoms with van der Waals surface area (Å²) in [4.78, 5) is 28.4. The highest BCUT2D eigenvalue weighted by Crippen LogP contribution is 2.36. The van der Waals surface area contributed by atoms with Crippen LogP contribution in [0.25, 0.3) is 0 Å². The average Bonchev–Trinajstić information content (AvgIpc) is 3.00. The lowest BCUT2D eigenvalue weighted by Crippen LogP contribution is -2.38. The Morgan fingerprint density at radius 2 is 1.54 bits per heavy atom. The maximum absolute atomic E-state index is 13.1. The summed E-state index contributed by atoms with van der Waals surface area (Å²) in [6, 6.07) is 26.7. The molecule has 4 nitrogen and oxygen atoms in total. The van der Waals surface area contributed by atoms with Crippen LogP contribution in [0.2, 0.25) is 0 Å². The smallest absolute Gasteiger partial charge is 0.254 e. The van der Waals surface area contributed by atoms with Crippen molar-refractivity contribution in [3.63, 3.8) is 0 Å². The number of carbonyl (C=O) groups is 2. The first-order valence-electron chi connectivity index (χ1n) is 9.14. The zero-order valence-corrected chi connectivity index (χ0v) is 16.1. The van der Waals surface area contributed by atoms with Crippen molar-refractivity contribution in [2.24, 2.45) is 0 Å². The number of thioether (sulfide) groups is 1. The van der Waals surface area contributed by atoms with E-state index in [0.717, 1.165) is 21.7 Å². The molecule has 0 saturated carbocycles. The number of nitrogens with one attached hydrogen (secondary N) is 1. The van der Waals surface area contributed by atoms with Gasteiger partial charge in [-0.05, 0) is 23.8 Å². The largest absolute Gasteiger partial charge is 0.340 e. The number of nitrogens with zero attached hydrogens (tertiary/aromatic N) is 1. The van der Waals surface area contributed by atoms with Crippen molar-refractivity contribution in [2.45, 2.75) is 17.5 Å².